The van der Waals surface area contributed by atoms with Crippen LogP contribution >= 0.6 is 22.9 Å². The molecule has 0 N–H and O–H groups in total. The average Bonchev–Trinajstić information content (AvgIpc) is 2.10. The second-order valence-electron chi connectivity index (χ2n) is 3.29. The van der Waals surface area contributed by atoms with Gasteiger partial charge in [-0.25, -0.2) is 0 Å². The van der Waals surface area contributed by atoms with E-state index in [1.54, 1.807) is 0 Å². The fraction of sp³-hybridized carbons (Fsp3) is 0.800. The van der Waals surface area contributed by atoms with Crippen molar-refractivity contribution in [2.24, 2.45) is 0 Å². The van der Waals surface area contributed by atoms with Crippen LogP contribution in [0.2, 0.25) is 0 Å². The van der Waals surface area contributed by atoms with Crippen molar-refractivity contribution in [2.75, 3.05) is 0 Å². The largest absolute Gasteiger partial charge is 0.649 e. The van der Waals surface area contributed by atoms with Gasteiger partial charge in [-0.2, -0.15) is 0 Å². The Morgan fingerprint density at radius 1 is 1.33 bits per heavy atom. The van der Waals surface area contributed by atoms with E-state index in [2.05, 4.69) is 6.11 Å². The topological polar surface area (TPSA) is 3.01 Å². The Hall–Kier alpha value is 0.315. The van der Waals surface area contributed by atoms with Crippen molar-refractivity contribution >= 4 is 34.1 Å². The molecule has 0 amide bonds. The van der Waals surface area contributed by atoms with Gasteiger partial charge in [-0.15, -0.1) is 0 Å². The monoisotopic (exact) mass is 164 g/mol. The van der Waals surface area contributed by atoms with Gasteiger partial charge in [0.15, 0.2) is 0 Å². The summed E-state index contributed by atoms with van der Waals surface area (Å²) < 4.78 is 1.84. The first-order chi connectivity index (χ1) is 3.84. The van der Waals surface area contributed by atoms with Crippen LogP contribution in [0.4, 0.5) is 0 Å². The Kier molecular flexibility index (Phi) is 1.38. The van der Waals surface area contributed by atoms with Crippen molar-refractivity contribution < 1.29 is 4.49 Å². The van der Waals surface area contributed by atoms with Crippen molar-refractivity contribution in [1.82, 2.24) is 0 Å². The molecule has 0 unspecified atom stereocenters. The third-order valence-corrected chi connectivity index (χ3v) is 1.86. The van der Waals surface area contributed by atoms with E-state index in [9.17, 15) is 0 Å². The molecule has 1 aliphatic heterocycles. The highest BCUT2D eigenvalue weighted by Crippen LogP contribution is 2.30. The van der Waals surface area contributed by atoms with E-state index >= 15 is 0 Å². The smallest absolute Gasteiger partial charge is 0.293 e. The summed E-state index contributed by atoms with van der Waals surface area (Å²) in [6.45, 7) is 6.15. The minimum Gasteiger partial charge on any atom is -0.649 e. The van der Waals surface area contributed by atoms with Crippen LogP contribution in [0.5, 0.6) is 0 Å². The molecular weight excluding hydrogens is 156 g/mol. The molecule has 0 atom stereocenters. The average molecular weight is 165 g/mol. The molecule has 0 saturated carbocycles. The molecule has 1 heterocycles. The van der Waals surface area contributed by atoms with E-state index in [4.69, 9.17) is 22.9 Å². The zero-order valence-electron chi connectivity index (χ0n) is 5.78. The summed E-state index contributed by atoms with van der Waals surface area (Å²) in [7, 11) is 0. The normalized spacial score (nSPS) is 23.4. The lowest BCUT2D eigenvalue weighted by molar-refractivity contribution is -0.431. The highest BCUT2D eigenvalue weighted by Gasteiger charge is 2.34. The van der Waals surface area contributed by atoms with E-state index < -0.39 is 5.11 Å². The van der Waals surface area contributed by atoms with Gasteiger partial charge in [-0.1, -0.05) is 0 Å². The predicted octanol–water partition coefficient (Wildman–Crippen LogP) is 1.71. The van der Waals surface area contributed by atoms with Crippen molar-refractivity contribution in [2.45, 2.75) is 26.3 Å². The van der Waals surface area contributed by atoms with E-state index in [1.165, 1.54) is 0 Å². The van der Waals surface area contributed by atoms with Gasteiger partial charge in [0.05, 0.1) is 5.54 Å². The van der Waals surface area contributed by atoms with Crippen LogP contribution in [0.25, 0.3) is 0 Å². The standard InChI is InChI=1S/C5H9BCl2N/c1-5(2,3)9-4-6(9,7)8/h1-3H3/q-1. The second kappa shape index (κ2) is 1.67. The van der Waals surface area contributed by atoms with Gasteiger partial charge >= 0.3 is 0 Å². The molecule has 1 nitrogen and oxygen atoms in total. The number of rotatable bonds is 0. The maximum absolute atomic E-state index is 5.73. The van der Waals surface area contributed by atoms with Gasteiger partial charge in [0.2, 0.25) is 0 Å². The summed E-state index contributed by atoms with van der Waals surface area (Å²) in [4.78, 5) is 0. The van der Waals surface area contributed by atoms with Crippen LogP contribution in [0.3, 0.4) is 0 Å². The molecule has 0 aromatic rings. The Bertz CT molecular complexity index is 168. The zero-order chi connectivity index (χ0) is 7.28. The van der Waals surface area contributed by atoms with Gasteiger partial charge in [0.1, 0.15) is 0 Å². The Morgan fingerprint density at radius 3 is 1.67 bits per heavy atom. The molecule has 0 bridgehead atoms. The summed E-state index contributed by atoms with van der Waals surface area (Å²) in [5, 5.41) is -1.40. The molecule has 0 aliphatic carbocycles. The lowest BCUT2D eigenvalue weighted by Crippen LogP contribution is -2.30. The molecule has 1 rings (SSSR count). The van der Waals surface area contributed by atoms with E-state index in [0.717, 1.165) is 0 Å². The van der Waals surface area contributed by atoms with Crippen molar-refractivity contribution in [3.63, 3.8) is 0 Å². The van der Waals surface area contributed by atoms with Crippen LogP contribution in [0, 0.1) is 0 Å². The molecule has 0 aromatic carbocycles. The van der Waals surface area contributed by atoms with Gasteiger partial charge in [-0.05, 0) is 20.8 Å². The van der Waals surface area contributed by atoms with Crippen molar-refractivity contribution in [3.05, 3.63) is 0 Å². The summed E-state index contributed by atoms with van der Waals surface area (Å²) in [6, 6.07) is 0. The maximum atomic E-state index is 5.73. The van der Waals surface area contributed by atoms with Crippen LogP contribution in [-0.4, -0.2) is 21.3 Å². The molecule has 1 aliphatic rings. The number of hydrogen-bond acceptors (Lipinski definition) is 0. The van der Waals surface area contributed by atoms with E-state index in [0.29, 0.717) is 0 Å². The minimum atomic E-state index is -1.40. The molecule has 0 spiro atoms. The highest BCUT2D eigenvalue weighted by molar-refractivity contribution is 7.56. The molecule has 0 fully saturated rings. The second-order valence-corrected chi connectivity index (χ2v) is 4.78. The molecule has 0 aromatic heterocycles. The first-order valence-corrected chi connectivity index (χ1v) is 3.80. The summed E-state index contributed by atoms with van der Waals surface area (Å²) >= 11 is 11.5. The molecule has 4 heteroatoms. The predicted molar refractivity (Wildman–Crippen MR) is 42.5 cm³/mol. The summed E-state index contributed by atoms with van der Waals surface area (Å²) in [5.41, 5.74) is 0.0313. The van der Waals surface area contributed by atoms with E-state index in [-0.39, 0.29) is 5.54 Å². The Balaban J connectivity index is 2.62. The molecular formula is C5H9BCl2N-. The summed E-state index contributed by atoms with van der Waals surface area (Å²) in [6.07, 6.45) is 2.87. The third kappa shape index (κ3) is 1.41. The van der Waals surface area contributed by atoms with E-state index in [1.807, 2.05) is 25.3 Å². The lowest BCUT2D eigenvalue weighted by atomic mass is 10.0. The third-order valence-electron chi connectivity index (χ3n) is 1.27. The number of hydrogen-bond donors (Lipinski definition) is 0. The molecule has 9 heavy (non-hydrogen) atoms. The van der Waals surface area contributed by atoms with Crippen LogP contribution in [-0.2, 0) is 0 Å². The van der Waals surface area contributed by atoms with Gasteiger partial charge < -0.3 is 33.5 Å². The molecule has 0 saturated heterocycles. The van der Waals surface area contributed by atoms with Gasteiger partial charge in [0.25, 0.3) is 5.11 Å². The minimum absolute atomic E-state index is 0.0313. The maximum Gasteiger partial charge on any atom is 0.293 e. The highest BCUT2D eigenvalue weighted by atomic mass is 35.5. The molecule has 52 valence electrons. The van der Waals surface area contributed by atoms with Crippen molar-refractivity contribution in [3.8, 4) is 0 Å². The lowest BCUT2D eigenvalue weighted by Gasteiger charge is -2.27. The zero-order valence-corrected chi connectivity index (χ0v) is 7.29. The fourth-order valence-electron chi connectivity index (χ4n) is 0.814. The first-order valence-electron chi connectivity index (χ1n) is 2.93. The van der Waals surface area contributed by atoms with Crippen LogP contribution < -0.4 is 0 Å². The Morgan fingerprint density at radius 2 is 1.67 bits per heavy atom. The van der Waals surface area contributed by atoms with Gasteiger partial charge in [0, 0.05) is 0 Å². The number of halogens is 2. The summed E-state index contributed by atoms with van der Waals surface area (Å²) in [5.74, 6) is 0. The SMILES string of the molecule is CC(C)(C)[N+]1=[C-][B-]1(Cl)Cl. The van der Waals surface area contributed by atoms with Crippen molar-refractivity contribution in [1.29, 1.82) is 0 Å². The van der Waals surface area contributed by atoms with Crippen LogP contribution in [0.1, 0.15) is 20.8 Å². The van der Waals surface area contributed by atoms with Crippen LogP contribution in [0.15, 0.2) is 0 Å². The van der Waals surface area contributed by atoms with Gasteiger partial charge in [-0.3, -0.25) is 0 Å². The fourth-order valence-corrected chi connectivity index (χ4v) is 1.61. The Labute approximate surface area is 65.4 Å². The first kappa shape index (κ1) is 7.42. The molecule has 0 radical (unpaired) electrons. The number of nitrogens with zero attached hydrogens (tertiary/aromatic N) is 1. The quantitative estimate of drug-likeness (QED) is 0.379.